The summed E-state index contributed by atoms with van der Waals surface area (Å²) in [6.07, 6.45) is 2.05. The number of aryl methyl sites for hydroxylation is 1. The number of sulfonamides is 1. The molecule has 1 N–H and O–H groups in total. The second kappa shape index (κ2) is 9.78. The molecule has 2 rings (SSSR count). The molecule has 0 unspecified atom stereocenters. The summed E-state index contributed by atoms with van der Waals surface area (Å²) in [6.45, 7) is 7.95. The van der Waals surface area contributed by atoms with Gasteiger partial charge in [0.05, 0.1) is 24.6 Å². The van der Waals surface area contributed by atoms with Gasteiger partial charge in [-0.15, -0.1) is 0 Å². The lowest BCUT2D eigenvalue weighted by Crippen LogP contribution is -2.48. The van der Waals surface area contributed by atoms with E-state index >= 15 is 0 Å². The van der Waals surface area contributed by atoms with E-state index in [9.17, 15) is 13.2 Å². The predicted molar refractivity (Wildman–Crippen MR) is 117 cm³/mol. The van der Waals surface area contributed by atoms with Gasteiger partial charge in [0.2, 0.25) is 15.9 Å². The standard InChI is InChI=1S/C22H30N2O4S/c1-6-18-8-10-19(11-9-18)16(3)23-22(25)17(4)24(29(5,26)27)20-12-14-21(15-13-20)28-7-2/h8-17H,6-7H2,1-5H3,(H,23,25)/t16-,17+/m1/s1. The highest BCUT2D eigenvalue weighted by Crippen LogP contribution is 2.24. The molecule has 158 valence electrons. The van der Waals surface area contributed by atoms with Crippen LogP contribution in [-0.4, -0.2) is 33.2 Å². The number of hydrogen-bond acceptors (Lipinski definition) is 4. The van der Waals surface area contributed by atoms with E-state index in [2.05, 4.69) is 12.2 Å². The Balaban J connectivity index is 2.19. The highest BCUT2D eigenvalue weighted by atomic mass is 32.2. The zero-order valence-corrected chi connectivity index (χ0v) is 18.5. The van der Waals surface area contributed by atoms with E-state index < -0.39 is 16.1 Å². The molecule has 2 atom stereocenters. The molecule has 0 heterocycles. The Kier molecular flexibility index (Phi) is 7.67. The Morgan fingerprint density at radius 2 is 1.62 bits per heavy atom. The Morgan fingerprint density at radius 1 is 1.03 bits per heavy atom. The van der Waals surface area contributed by atoms with Crippen molar-refractivity contribution in [2.24, 2.45) is 0 Å². The summed E-state index contributed by atoms with van der Waals surface area (Å²) < 4.78 is 31.4. The van der Waals surface area contributed by atoms with Gasteiger partial charge in [0.1, 0.15) is 11.8 Å². The molecular formula is C22H30N2O4S. The van der Waals surface area contributed by atoms with Crippen molar-refractivity contribution in [3.8, 4) is 5.75 Å². The van der Waals surface area contributed by atoms with Crippen molar-refractivity contribution >= 4 is 21.6 Å². The summed E-state index contributed by atoms with van der Waals surface area (Å²) in [5.41, 5.74) is 2.60. The van der Waals surface area contributed by atoms with Gasteiger partial charge in [-0.25, -0.2) is 8.42 Å². The van der Waals surface area contributed by atoms with Crippen molar-refractivity contribution in [3.63, 3.8) is 0 Å². The number of nitrogens with zero attached hydrogens (tertiary/aromatic N) is 1. The number of benzene rings is 2. The highest BCUT2D eigenvalue weighted by molar-refractivity contribution is 7.92. The van der Waals surface area contributed by atoms with Gasteiger partial charge in [-0.05, 0) is 62.6 Å². The number of amides is 1. The number of hydrogen-bond donors (Lipinski definition) is 1. The molecule has 7 heteroatoms. The lowest BCUT2D eigenvalue weighted by atomic mass is 10.0. The lowest BCUT2D eigenvalue weighted by molar-refractivity contribution is -0.122. The van der Waals surface area contributed by atoms with Crippen molar-refractivity contribution in [1.82, 2.24) is 5.32 Å². The van der Waals surface area contributed by atoms with Gasteiger partial charge in [-0.2, -0.15) is 0 Å². The molecular weight excluding hydrogens is 388 g/mol. The van der Waals surface area contributed by atoms with Crippen LogP contribution in [0.2, 0.25) is 0 Å². The first kappa shape index (κ1) is 22.7. The molecule has 6 nitrogen and oxygen atoms in total. The third kappa shape index (κ3) is 5.97. The lowest BCUT2D eigenvalue weighted by Gasteiger charge is -2.29. The van der Waals surface area contributed by atoms with Crippen molar-refractivity contribution in [1.29, 1.82) is 0 Å². The van der Waals surface area contributed by atoms with Gasteiger partial charge < -0.3 is 10.1 Å². The van der Waals surface area contributed by atoms with Crippen molar-refractivity contribution in [2.75, 3.05) is 17.2 Å². The molecule has 2 aromatic carbocycles. The van der Waals surface area contributed by atoms with Crippen LogP contribution in [0.25, 0.3) is 0 Å². The summed E-state index contributed by atoms with van der Waals surface area (Å²) in [4.78, 5) is 12.8. The van der Waals surface area contributed by atoms with Crippen LogP contribution < -0.4 is 14.4 Å². The predicted octanol–water partition coefficient (Wildman–Crippen LogP) is 3.68. The first-order valence-electron chi connectivity index (χ1n) is 9.78. The molecule has 0 aliphatic rings. The largest absolute Gasteiger partial charge is 0.494 e. The van der Waals surface area contributed by atoms with Crippen LogP contribution in [0.1, 0.15) is 44.9 Å². The van der Waals surface area contributed by atoms with E-state index in [0.717, 1.165) is 22.5 Å². The van der Waals surface area contributed by atoms with Crippen LogP contribution >= 0.6 is 0 Å². The van der Waals surface area contributed by atoms with Gasteiger partial charge in [-0.3, -0.25) is 9.10 Å². The Morgan fingerprint density at radius 3 is 2.10 bits per heavy atom. The topological polar surface area (TPSA) is 75.7 Å². The molecule has 0 saturated carbocycles. The maximum atomic E-state index is 12.8. The first-order valence-corrected chi connectivity index (χ1v) is 11.6. The zero-order valence-electron chi connectivity index (χ0n) is 17.7. The SMILES string of the molecule is CCOc1ccc(N([C@@H](C)C(=O)N[C@H](C)c2ccc(CC)cc2)S(C)(=O)=O)cc1. The summed E-state index contributed by atoms with van der Waals surface area (Å²) in [6, 6.07) is 13.6. The van der Waals surface area contributed by atoms with Crippen molar-refractivity contribution in [2.45, 2.75) is 46.2 Å². The number of carbonyl (C=O) groups is 1. The molecule has 0 saturated heterocycles. The van der Waals surface area contributed by atoms with Gasteiger partial charge in [-0.1, -0.05) is 31.2 Å². The van der Waals surface area contributed by atoms with Crippen LogP contribution in [-0.2, 0) is 21.2 Å². The zero-order chi connectivity index (χ0) is 21.6. The minimum atomic E-state index is -3.67. The molecule has 0 aliphatic heterocycles. The number of rotatable bonds is 9. The van der Waals surface area contributed by atoms with Crippen LogP contribution in [0.5, 0.6) is 5.75 Å². The van der Waals surface area contributed by atoms with Gasteiger partial charge in [0.25, 0.3) is 0 Å². The maximum absolute atomic E-state index is 12.8. The van der Waals surface area contributed by atoms with E-state index in [1.807, 2.05) is 38.1 Å². The highest BCUT2D eigenvalue weighted by Gasteiger charge is 2.29. The number of ether oxygens (including phenoxy) is 1. The van der Waals surface area contributed by atoms with Crippen molar-refractivity contribution in [3.05, 3.63) is 59.7 Å². The summed E-state index contributed by atoms with van der Waals surface area (Å²) in [7, 11) is -3.67. The fourth-order valence-electron chi connectivity index (χ4n) is 3.12. The molecule has 29 heavy (non-hydrogen) atoms. The molecule has 0 bridgehead atoms. The monoisotopic (exact) mass is 418 g/mol. The van der Waals surface area contributed by atoms with Gasteiger partial charge in [0.15, 0.2) is 0 Å². The van der Waals surface area contributed by atoms with E-state index in [4.69, 9.17) is 4.74 Å². The summed E-state index contributed by atoms with van der Waals surface area (Å²) in [5, 5.41) is 2.92. The molecule has 0 radical (unpaired) electrons. The fraction of sp³-hybridized carbons (Fsp3) is 0.409. The van der Waals surface area contributed by atoms with E-state index in [0.29, 0.717) is 18.0 Å². The minimum Gasteiger partial charge on any atom is -0.494 e. The second-order valence-corrected chi connectivity index (χ2v) is 8.85. The smallest absolute Gasteiger partial charge is 0.244 e. The normalized spacial score (nSPS) is 13.4. The fourth-order valence-corrected chi connectivity index (χ4v) is 4.30. The number of nitrogens with one attached hydrogen (secondary N) is 1. The summed E-state index contributed by atoms with van der Waals surface area (Å²) in [5.74, 6) is 0.280. The molecule has 0 aliphatic carbocycles. The average molecular weight is 419 g/mol. The van der Waals surface area contributed by atoms with Gasteiger partial charge >= 0.3 is 0 Å². The Hall–Kier alpha value is -2.54. The molecule has 2 aromatic rings. The van der Waals surface area contributed by atoms with Gasteiger partial charge in [0, 0.05) is 0 Å². The summed E-state index contributed by atoms with van der Waals surface area (Å²) >= 11 is 0. The first-order chi connectivity index (χ1) is 13.7. The van der Waals surface area contributed by atoms with Crippen LogP contribution in [0.4, 0.5) is 5.69 Å². The quantitative estimate of drug-likeness (QED) is 0.674. The minimum absolute atomic E-state index is 0.238. The Labute approximate surface area is 173 Å². The maximum Gasteiger partial charge on any atom is 0.244 e. The van der Waals surface area contributed by atoms with E-state index in [-0.39, 0.29) is 11.9 Å². The molecule has 0 spiro atoms. The van der Waals surface area contributed by atoms with E-state index in [1.165, 1.54) is 5.56 Å². The molecule has 0 aromatic heterocycles. The second-order valence-electron chi connectivity index (χ2n) is 6.99. The van der Waals surface area contributed by atoms with Crippen LogP contribution in [0, 0.1) is 0 Å². The molecule has 1 amide bonds. The third-order valence-corrected chi connectivity index (χ3v) is 5.98. The average Bonchev–Trinajstić information content (AvgIpc) is 2.68. The van der Waals surface area contributed by atoms with E-state index in [1.54, 1.807) is 31.2 Å². The van der Waals surface area contributed by atoms with Crippen LogP contribution in [0.15, 0.2) is 48.5 Å². The van der Waals surface area contributed by atoms with Crippen molar-refractivity contribution < 1.29 is 17.9 Å². The third-order valence-electron chi connectivity index (χ3n) is 4.74. The van der Waals surface area contributed by atoms with Crippen LogP contribution in [0.3, 0.4) is 0 Å². The Bertz CT molecular complexity index is 909. The number of carbonyl (C=O) groups excluding carboxylic acids is 1. The number of anilines is 1. The molecule has 0 fully saturated rings.